The van der Waals surface area contributed by atoms with Gasteiger partial charge in [-0.15, -0.1) is 0 Å². The fourth-order valence-corrected chi connectivity index (χ4v) is 1.75. The maximum Gasteiger partial charge on any atom is 0.319 e. The van der Waals surface area contributed by atoms with Crippen molar-refractivity contribution < 1.29 is 13.6 Å². The predicted octanol–water partition coefficient (Wildman–Crippen LogP) is 3.33. The molecule has 2 rings (SSSR count). The fourth-order valence-electron chi connectivity index (χ4n) is 1.75. The molecule has 0 aliphatic carbocycles. The number of anilines is 1. The van der Waals surface area contributed by atoms with Crippen LogP contribution in [-0.2, 0) is 6.42 Å². The number of hydrogen-bond donors (Lipinski definition) is 2. The van der Waals surface area contributed by atoms with E-state index in [9.17, 15) is 13.6 Å². The molecule has 2 aromatic rings. The molecular weight excluding hydrogens is 262 g/mol. The van der Waals surface area contributed by atoms with Gasteiger partial charge in [-0.1, -0.05) is 18.2 Å². The number of rotatable bonds is 4. The van der Waals surface area contributed by atoms with Gasteiger partial charge in [0.05, 0.1) is 0 Å². The van der Waals surface area contributed by atoms with Crippen molar-refractivity contribution in [2.24, 2.45) is 0 Å². The Hall–Kier alpha value is -2.43. The minimum atomic E-state index is -0.424. The fraction of sp³-hybridized carbons (Fsp3) is 0.133. The first-order chi connectivity index (χ1) is 9.63. The summed E-state index contributed by atoms with van der Waals surface area (Å²) in [6.45, 7) is 0.366. The molecule has 0 radical (unpaired) electrons. The van der Waals surface area contributed by atoms with Crippen LogP contribution in [0.15, 0.2) is 48.5 Å². The molecule has 0 aliphatic heterocycles. The second-order valence-electron chi connectivity index (χ2n) is 4.27. The summed E-state index contributed by atoms with van der Waals surface area (Å²) in [6, 6.07) is 11.4. The molecule has 2 aromatic carbocycles. The molecule has 0 saturated carbocycles. The summed E-state index contributed by atoms with van der Waals surface area (Å²) in [5, 5.41) is 5.14. The Morgan fingerprint density at radius 3 is 2.40 bits per heavy atom. The third-order valence-electron chi connectivity index (χ3n) is 2.67. The molecule has 0 saturated heterocycles. The minimum Gasteiger partial charge on any atom is -0.338 e. The second-order valence-corrected chi connectivity index (χ2v) is 4.27. The van der Waals surface area contributed by atoms with Gasteiger partial charge in [0.15, 0.2) is 0 Å². The van der Waals surface area contributed by atoms with Crippen molar-refractivity contribution in [1.29, 1.82) is 0 Å². The number of amides is 2. The Balaban J connectivity index is 1.78. The van der Waals surface area contributed by atoms with E-state index in [4.69, 9.17) is 0 Å². The van der Waals surface area contributed by atoms with Gasteiger partial charge in [-0.25, -0.2) is 13.6 Å². The summed E-state index contributed by atoms with van der Waals surface area (Å²) in [6.07, 6.45) is 0.522. The maximum atomic E-state index is 12.9. The third kappa shape index (κ3) is 4.35. The Morgan fingerprint density at radius 1 is 1.00 bits per heavy atom. The minimum absolute atomic E-state index is 0.299. The second kappa shape index (κ2) is 6.65. The molecule has 104 valence electrons. The molecule has 0 aromatic heterocycles. The molecule has 0 fully saturated rings. The zero-order valence-corrected chi connectivity index (χ0v) is 10.7. The van der Waals surface area contributed by atoms with Crippen LogP contribution >= 0.6 is 0 Å². The molecular formula is C15H14F2N2O. The number of benzene rings is 2. The van der Waals surface area contributed by atoms with Gasteiger partial charge in [-0.2, -0.15) is 0 Å². The highest BCUT2D eigenvalue weighted by Gasteiger charge is 2.02. The van der Waals surface area contributed by atoms with E-state index in [2.05, 4.69) is 10.6 Å². The van der Waals surface area contributed by atoms with Gasteiger partial charge in [0.2, 0.25) is 0 Å². The normalized spacial score (nSPS) is 10.1. The van der Waals surface area contributed by atoms with Crippen LogP contribution in [0.1, 0.15) is 5.56 Å². The van der Waals surface area contributed by atoms with Gasteiger partial charge in [-0.05, 0) is 42.3 Å². The standard InChI is InChI=1S/C15H14F2N2O/c16-12-4-1-3-11(9-12)7-8-18-15(20)19-14-6-2-5-13(17)10-14/h1-6,9-10H,7-8H2,(H2,18,19,20). The Bertz CT molecular complexity index is 602. The van der Waals surface area contributed by atoms with E-state index in [1.54, 1.807) is 18.2 Å². The Kier molecular flexibility index (Phi) is 4.65. The zero-order chi connectivity index (χ0) is 14.4. The van der Waals surface area contributed by atoms with E-state index in [1.807, 2.05) is 0 Å². The molecule has 0 unspecified atom stereocenters. The van der Waals surface area contributed by atoms with Crippen LogP contribution in [0, 0.1) is 11.6 Å². The van der Waals surface area contributed by atoms with E-state index < -0.39 is 11.8 Å². The number of urea groups is 1. The highest BCUT2D eigenvalue weighted by atomic mass is 19.1. The van der Waals surface area contributed by atoms with Crippen molar-refractivity contribution in [1.82, 2.24) is 5.32 Å². The van der Waals surface area contributed by atoms with Crippen LogP contribution in [0.25, 0.3) is 0 Å². The number of nitrogens with one attached hydrogen (secondary N) is 2. The summed E-state index contributed by atoms with van der Waals surface area (Å²) < 4.78 is 25.9. The lowest BCUT2D eigenvalue weighted by molar-refractivity contribution is 0.252. The molecule has 0 heterocycles. The smallest absolute Gasteiger partial charge is 0.319 e. The first-order valence-electron chi connectivity index (χ1n) is 6.18. The van der Waals surface area contributed by atoms with Gasteiger partial charge < -0.3 is 10.6 Å². The van der Waals surface area contributed by atoms with Gasteiger partial charge in [0, 0.05) is 12.2 Å². The maximum absolute atomic E-state index is 12.9. The van der Waals surface area contributed by atoms with Crippen molar-refractivity contribution in [2.75, 3.05) is 11.9 Å². The summed E-state index contributed by atoms with van der Waals surface area (Å²) in [5.41, 5.74) is 1.18. The molecule has 0 atom stereocenters. The zero-order valence-electron chi connectivity index (χ0n) is 10.7. The number of carbonyl (C=O) groups excluding carboxylic acids is 1. The van der Waals surface area contributed by atoms with Crippen LogP contribution in [0.2, 0.25) is 0 Å². The van der Waals surface area contributed by atoms with Crippen LogP contribution in [-0.4, -0.2) is 12.6 Å². The average Bonchev–Trinajstić information content (AvgIpc) is 2.38. The summed E-state index contributed by atoms with van der Waals surface area (Å²) in [7, 11) is 0. The molecule has 5 heteroatoms. The first kappa shape index (κ1) is 14.0. The number of hydrogen-bond acceptors (Lipinski definition) is 1. The van der Waals surface area contributed by atoms with Crippen LogP contribution in [0.4, 0.5) is 19.3 Å². The molecule has 0 spiro atoms. The van der Waals surface area contributed by atoms with Crippen molar-refractivity contribution in [2.45, 2.75) is 6.42 Å². The molecule has 3 nitrogen and oxygen atoms in total. The lowest BCUT2D eigenvalue weighted by Crippen LogP contribution is -2.30. The van der Waals surface area contributed by atoms with Crippen LogP contribution in [0.3, 0.4) is 0 Å². The van der Waals surface area contributed by atoms with Gasteiger partial charge >= 0.3 is 6.03 Å². The van der Waals surface area contributed by atoms with E-state index in [-0.39, 0.29) is 5.82 Å². The molecule has 2 amide bonds. The number of halogens is 2. The SMILES string of the molecule is O=C(NCCc1cccc(F)c1)Nc1cccc(F)c1. The van der Waals surface area contributed by atoms with Crippen molar-refractivity contribution in [3.05, 3.63) is 65.7 Å². The van der Waals surface area contributed by atoms with Crippen molar-refractivity contribution >= 4 is 11.7 Å². The molecule has 0 aliphatic rings. The molecule has 2 N–H and O–H groups in total. The Morgan fingerprint density at radius 2 is 1.70 bits per heavy atom. The van der Waals surface area contributed by atoms with Gasteiger partial charge in [0.1, 0.15) is 11.6 Å². The highest BCUT2D eigenvalue weighted by Crippen LogP contribution is 2.08. The van der Waals surface area contributed by atoms with Gasteiger partial charge in [0.25, 0.3) is 0 Å². The van der Waals surface area contributed by atoms with Crippen LogP contribution in [0.5, 0.6) is 0 Å². The van der Waals surface area contributed by atoms with Gasteiger partial charge in [-0.3, -0.25) is 0 Å². The van der Waals surface area contributed by atoms with Crippen molar-refractivity contribution in [3.8, 4) is 0 Å². The largest absolute Gasteiger partial charge is 0.338 e. The highest BCUT2D eigenvalue weighted by molar-refractivity contribution is 5.89. The average molecular weight is 276 g/mol. The molecule has 0 bridgehead atoms. The number of carbonyl (C=O) groups is 1. The van der Waals surface area contributed by atoms with E-state index in [1.165, 1.54) is 30.3 Å². The predicted molar refractivity (Wildman–Crippen MR) is 73.5 cm³/mol. The Labute approximate surface area is 115 Å². The van der Waals surface area contributed by atoms with Crippen LogP contribution < -0.4 is 10.6 Å². The summed E-state index contributed by atoms with van der Waals surface area (Å²) in [5.74, 6) is -0.714. The quantitative estimate of drug-likeness (QED) is 0.883. The van der Waals surface area contributed by atoms with E-state index in [0.717, 1.165) is 5.56 Å². The van der Waals surface area contributed by atoms with Crippen molar-refractivity contribution in [3.63, 3.8) is 0 Å². The molecule has 20 heavy (non-hydrogen) atoms. The lowest BCUT2D eigenvalue weighted by atomic mass is 10.1. The van der Waals surface area contributed by atoms with E-state index >= 15 is 0 Å². The lowest BCUT2D eigenvalue weighted by Gasteiger charge is -2.07. The first-order valence-corrected chi connectivity index (χ1v) is 6.18. The van der Waals surface area contributed by atoms with E-state index in [0.29, 0.717) is 18.7 Å². The monoisotopic (exact) mass is 276 g/mol. The topological polar surface area (TPSA) is 41.1 Å². The summed E-state index contributed by atoms with van der Waals surface area (Å²) in [4.78, 5) is 11.6. The third-order valence-corrected chi connectivity index (χ3v) is 2.67. The summed E-state index contributed by atoms with van der Waals surface area (Å²) >= 11 is 0.